The van der Waals surface area contributed by atoms with Gasteiger partial charge in [-0.25, -0.2) is 9.59 Å². The number of carbonyl (C=O) groups excluding carboxylic acids is 3. The largest absolute Gasteiger partial charge is 0.335 e. The Morgan fingerprint density at radius 2 is 1.83 bits per heavy atom. The zero-order chi connectivity index (χ0) is 21.1. The Bertz CT molecular complexity index is 917. The molecule has 1 aromatic rings. The van der Waals surface area contributed by atoms with Gasteiger partial charge in [0.05, 0.1) is 6.04 Å². The van der Waals surface area contributed by atoms with Crippen LogP contribution in [0.2, 0.25) is 0 Å². The van der Waals surface area contributed by atoms with Gasteiger partial charge in [0, 0.05) is 6.04 Å². The van der Waals surface area contributed by atoms with Gasteiger partial charge in [0.25, 0.3) is 5.91 Å². The highest BCUT2D eigenvalue weighted by molar-refractivity contribution is 6.07. The smallest absolute Gasteiger partial charge is 0.322 e. The second kappa shape index (κ2) is 6.72. The number of urea groups is 2. The van der Waals surface area contributed by atoms with Gasteiger partial charge >= 0.3 is 12.1 Å². The van der Waals surface area contributed by atoms with Crippen molar-refractivity contribution in [1.82, 2.24) is 21.3 Å². The van der Waals surface area contributed by atoms with Crippen LogP contribution in [0.3, 0.4) is 0 Å². The van der Waals surface area contributed by atoms with Crippen LogP contribution in [0.25, 0.3) is 0 Å². The molecule has 5 amide bonds. The molecule has 0 radical (unpaired) electrons. The fourth-order valence-corrected chi connectivity index (χ4v) is 6.05. The molecule has 1 aromatic carbocycles. The molecule has 1 spiro atoms. The zero-order valence-corrected chi connectivity index (χ0v) is 17.6. The third-order valence-electron chi connectivity index (χ3n) is 7.78. The van der Waals surface area contributed by atoms with E-state index in [-0.39, 0.29) is 29.4 Å². The van der Waals surface area contributed by atoms with E-state index in [1.54, 1.807) is 0 Å². The molecule has 0 bridgehead atoms. The summed E-state index contributed by atoms with van der Waals surface area (Å²) in [5.74, 6) is 0.293. The molecular formula is C23H30N4O3. The van der Waals surface area contributed by atoms with E-state index in [2.05, 4.69) is 53.3 Å². The van der Waals surface area contributed by atoms with E-state index in [9.17, 15) is 14.4 Å². The topological polar surface area (TPSA) is 99.3 Å². The number of imide groups is 1. The number of carbonyl (C=O) groups is 3. The van der Waals surface area contributed by atoms with Crippen molar-refractivity contribution in [3.05, 3.63) is 34.9 Å². The van der Waals surface area contributed by atoms with Crippen molar-refractivity contribution in [1.29, 1.82) is 0 Å². The maximum atomic E-state index is 12.8. The molecule has 0 aromatic heterocycles. The van der Waals surface area contributed by atoms with Crippen LogP contribution in [-0.2, 0) is 10.2 Å². The molecule has 2 unspecified atom stereocenters. The number of amides is 5. The third-order valence-corrected chi connectivity index (χ3v) is 7.78. The molecule has 160 valence electrons. The minimum Gasteiger partial charge on any atom is -0.335 e. The van der Waals surface area contributed by atoms with Gasteiger partial charge in [-0.05, 0) is 73.0 Å². The van der Waals surface area contributed by atoms with Crippen LogP contribution >= 0.6 is 0 Å². The van der Waals surface area contributed by atoms with Gasteiger partial charge in [-0.15, -0.1) is 0 Å². The number of hydrogen-bond acceptors (Lipinski definition) is 3. The van der Waals surface area contributed by atoms with Gasteiger partial charge in [-0.2, -0.15) is 0 Å². The Balaban J connectivity index is 1.22. The summed E-state index contributed by atoms with van der Waals surface area (Å²) in [5, 5.41) is 11.4. The van der Waals surface area contributed by atoms with E-state index in [4.69, 9.17) is 0 Å². The first-order chi connectivity index (χ1) is 14.3. The number of rotatable bonds is 2. The molecule has 2 atom stereocenters. The Kier molecular flexibility index (Phi) is 4.35. The first-order valence-corrected chi connectivity index (χ1v) is 11.1. The number of benzene rings is 1. The lowest BCUT2D eigenvalue weighted by Gasteiger charge is -2.35. The number of hydrogen-bond donors (Lipinski definition) is 4. The predicted molar refractivity (Wildman–Crippen MR) is 112 cm³/mol. The van der Waals surface area contributed by atoms with Crippen molar-refractivity contribution in [3.8, 4) is 0 Å². The Hall–Kier alpha value is -2.57. The van der Waals surface area contributed by atoms with Gasteiger partial charge in [0.1, 0.15) is 5.54 Å². The van der Waals surface area contributed by atoms with Crippen LogP contribution in [0.4, 0.5) is 9.59 Å². The van der Waals surface area contributed by atoms with Crippen LogP contribution in [-0.4, -0.2) is 29.6 Å². The first kappa shape index (κ1) is 19.4. The second-order valence-electron chi connectivity index (χ2n) is 10.1. The van der Waals surface area contributed by atoms with E-state index >= 15 is 0 Å². The molecule has 1 aliphatic heterocycles. The average Bonchev–Trinajstić information content (AvgIpc) is 3.18. The Morgan fingerprint density at radius 3 is 2.53 bits per heavy atom. The molecular weight excluding hydrogens is 380 g/mol. The third kappa shape index (κ3) is 3.06. The van der Waals surface area contributed by atoms with Crippen LogP contribution < -0.4 is 21.3 Å². The molecule has 4 aliphatic rings. The van der Waals surface area contributed by atoms with E-state index in [0.29, 0.717) is 31.6 Å². The number of nitrogens with one attached hydrogen (secondary N) is 4. The van der Waals surface area contributed by atoms with Crippen LogP contribution in [0.5, 0.6) is 0 Å². The van der Waals surface area contributed by atoms with Crippen LogP contribution in [0.15, 0.2) is 18.2 Å². The summed E-state index contributed by atoms with van der Waals surface area (Å²) in [4.78, 5) is 36.3. The summed E-state index contributed by atoms with van der Waals surface area (Å²) in [6.45, 7) is 4.63. The monoisotopic (exact) mass is 410 g/mol. The van der Waals surface area contributed by atoms with Crippen LogP contribution in [0.1, 0.15) is 87.4 Å². The lowest BCUT2D eigenvalue weighted by atomic mass is 9.69. The molecule has 5 rings (SSSR count). The highest BCUT2D eigenvalue weighted by atomic mass is 16.2. The van der Waals surface area contributed by atoms with E-state index in [1.807, 2.05) is 0 Å². The fourth-order valence-electron chi connectivity index (χ4n) is 6.05. The SMILES string of the molecule is CC1(C)CCC2CC(NC(=O)NC3CCC4(CC3)NC(=O)NC4=O)c3cccc1c32. The molecule has 7 heteroatoms. The van der Waals surface area contributed by atoms with Crippen molar-refractivity contribution < 1.29 is 14.4 Å². The van der Waals surface area contributed by atoms with Crippen molar-refractivity contribution in [2.45, 2.75) is 87.7 Å². The lowest BCUT2D eigenvalue weighted by Crippen LogP contribution is -2.53. The highest BCUT2D eigenvalue weighted by Gasteiger charge is 2.48. The summed E-state index contributed by atoms with van der Waals surface area (Å²) < 4.78 is 0. The van der Waals surface area contributed by atoms with E-state index < -0.39 is 11.6 Å². The quantitative estimate of drug-likeness (QED) is 0.564. The van der Waals surface area contributed by atoms with Gasteiger partial charge < -0.3 is 16.0 Å². The molecule has 3 aliphatic carbocycles. The summed E-state index contributed by atoms with van der Waals surface area (Å²) in [6.07, 6.45) is 5.75. The lowest BCUT2D eigenvalue weighted by molar-refractivity contribution is -0.125. The molecule has 7 nitrogen and oxygen atoms in total. The van der Waals surface area contributed by atoms with Crippen molar-refractivity contribution in [2.24, 2.45) is 0 Å². The molecule has 30 heavy (non-hydrogen) atoms. The van der Waals surface area contributed by atoms with Crippen molar-refractivity contribution in [2.75, 3.05) is 0 Å². The minimum atomic E-state index is -0.790. The summed E-state index contributed by atoms with van der Waals surface area (Å²) in [7, 11) is 0. The van der Waals surface area contributed by atoms with Crippen molar-refractivity contribution >= 4 is 18.0 Å². The molecule has 2 fully saturated rings. The van der Waals surface area contributed by atoms with Crippen molar-refractivity contribution in [3.63, 3.8) is 0 Å². The molecule has 4 N–H and O–H groups in total. The summed E-state index contributed by atoms with van der Waals surface area (Å²) in [6, 6.07) is 6.04. The standard InChI is InChI=1S/C23H30N4O3/c1-22(2)9-6-13-12-17(15-4-3-5-16(22)18(13)15)25-20(29)24-14-7-10-23(11-8-14)19(28)26-21(30)27-23/h3-5,13-14,17H,6-12H2,1-2H3,(H2,24,25,29)(H2,26,27,28,30). The highest BCUT2D eigenvalue weighted by Crippen LogP contribution is 2.52. The van der Waals surface area contributed by atoms with Gasteiger partial charge in [-0.3, -0.25) is 10.1 Å². The summed E-state index contributed by atoms with van der Waals surface area (Å²) in [5.41, 5.74) is 3.58. The normalized spacial score (nSPS) is 30.4. The first-order valence-electron chi connectivity index (χ1n) is 11.1. The average molecular weight is 411 g/mol. The fraction of sp³-hybridized carbons (Fsp3) is 0.609. The second-order valence-corrected chi connectivity index (χ2v) is 10.1. The minimum absolute atomic E-state index is 0.0125. The molecule has 1 heterocycles. The van der Waals surface area contributed by atoms with Gasteiger partial charge in [-0.1, -0.05) is 32.0 Å². The maximum Gasteiger partial charge on any atom is 0.322 e. The predicted octanol–water partition coefficient (Wildman–Crippen LogP) is 3.11. The van der Waals surface area contributed by atoms with E-state index in [0.717, 1.165) is 6.42 Å². The summed E-state index contributed by atoms with van der Waals surface area (Å²) >= 11 is 0. The molecule has 1 saturated carbocycles. The Morgan fingerprint density at radius 1 is 1.07 bits per heavy atom. The Labute approximate surface area is 176 Å². The zero-order valence-electron chi connectivity index (χ0n) is 17.6. The molecule has 1 saturated heterocycles. The maximum absolute atomic E-state index is 12.8. The van der Waals surface area contributed by atoms with Crippen LogP contribution in [0, 0.1) is 0 Å². The van der Waals surface area contributed by atoms with Gasteiger partial charge in [0.2, 0.25) is 0 Å². The van der Waals surface area contributed by atoms with E-state index in [1.165, 1.54) is 29.5 Å². The van der Waals surface area contributed by atoms with Gasteiger partial charge in [0.15, 0.2) is 0 Å².